The zero-order chi connectivity index (χ0) is 15.7. The lowest BCUT2D eigenvalue weighted by Gasteiger charge is -2.23. The van der Waals surface area contributed by atoms with Crippen LogP contribution in [0.1, 0.15) is 23.6 Å². The molecule has 0 spiro atoms. The van der Waals surface area contributed by atoms with Crippen molar-refractivity contribution in [2.45, 2.75) is 24.3 Å². The summed E-state index contributed by atoms with van der Waals surface area (Å²) in [4.78, 5) is 0.339. The molecule has 1 heterocycles. The van der Waals surface area contributed by atoms with Gasteiger partial charge >= 0.3 is 0 Å². The summed E-state index contributed by atoms with van der Waals surface area (Å²) in [6.45, 7) is 1.94. The molecule has 2 aromatic carbocycles. The predicted octanol–water partition coefficient (Wildman–Crippen LogP) is 4.43. The van der Waals surface area contributed by atoms with Gasteiger partial charge in [0, 0.05) is 10.8 Å². The Bertz CT molecular complexity index is 758. The maximum atomic E-state index is 12.9. The van der Waals surface area contributed by atoms with Crippen LogP contribution in [0.5, 0.6) is 0 Å². The van der Waals surface area contributed by atoms with E-state index in [0.717, 1.165) is 23.3 Å². The van der Waals surface area contributed by atoms with E-state index in [-0.39, 0.29) is 6.04 Å². The van der Waals surface area contributed by atoms with E-state index in [1.807, 2.05) is 31.2 Å². The molecule has 1 aliphatic heterocycles. The normalized spacial score (nSPS) is 19.5. The maximum Gasteiger partial charge on any atom is 0.252 e. The zero-order valence-corrected chi connectivity index (χ0v) is 14.5. The fourth-order valence-corrected chi connectivity index (χ4v) is 5.80. The average molecular weight is 354 g/mol. The summed E-state index contributed by atoms with van der Waals surface area (Å²) in [7, 11) is -3.50. The number of benzene rings is 2. The number of halogens is 1. The predicted molar refractivity (Wildman–Crippen MR) is 91.5 cm³/mol. The fraction of sp³-hybridized carbons (Fsp3) is 0.250. The third kappa shape index (κ3) is 3.04. The molecular weight excluding hydrogens is 338 g/mol. The minimum absolute atomic E-state index is 0.145. The van der Waals surface area contributed by atoms with E-state index in [1.165, 1.54) is 15.7 Å². The Balaban J connectivity index is 1.95. The van der Waals surface area contributed by atoms with Gasteiger partial charge in [-0.25, -0.2) is 8.42 Å². The van der Waals surface area contributed by atoms with E-state index in [0.29, 0.717) is 9.92 Å². The molecule has 2 aromatic rings. The molecule has 0 saturated carbocycles. The largest absolute Gasteiger partial charge is 0.252 e. The van der Waals surface area contributed by atoms with Gasteiger partial charge in [0.15, 0.2) is 0 Å². The molecule has 1 unspecified atom stereocenters. The highest BCUT2D eigenvalue weighted by Gasteiger charge is 2.37. The number of sulfonamides is 1. The second kappa shape index (κ2) is 6.24. The molecule has 3 rings (SSSR count). The van der Waals surface area contributed by atoms with Crippen LogP contribution in [0.3, 0.4) is 0 Å². The maximum absolute atomic E-state index is 12.9. The van der Waals surface area contributed by atoms with Crippen LogP contribution in [-0.4, -0.2) is 17.9 Å². The van der Waals surface area contributed by atoms with E-state index >= 15 is 0 Å². The molecule has 116 valence electrons. The Labute approximate surface area is 140 Å². The highest BCUT2D eigenvalue weighted by atomic mass is 35.5. The smallest absolute Gasteiger partial charge is 0.206 e. The summed E-state index contributed by atoms with van der Waals surface area (Å²) < 4.78 is 27.3. The monoisotopic (exact) mass is 353 g/mol. The first kappa shape index (κ1) is 15.9. The number of aryl methyl sites for hydroxylation is 1. The van der Waals surface area contributed by atoms with Gasteiger partial charge in [0.05, 0.1) is 10.9 Å². The number of nitrogens with zero attached hydrogens (tertiary/aromatic N) is 1. The summed E-state index contributed by atoms with van der Waals surface area (Å²) >= 11 is 7.29. The van der Waals surface area contributed by atoms with Crippen LogP contribution in [0.25, 0.3) is 0 Å². The second-order valence-electron chi connectivity index (χ2n) is 5.26. The highest BCUT2D eigenvalue weighted by Crippen LogP contribution is 2.42. The van der Waals surface area contributed by atoms with Gasteiger partial charge in [-0.2, -0.15) is 0 Å². The summed E-state index contributed by atoms with van der Waals surface area (Å²) in [6, 6.07) is 14.2. The van der Waals surface area contributed by atoms with Crippen molar-refractivity contribution in [2.75, 3.05) is 5.75 Å². The van der Waals surface area contributed by atoms with E-state index in [1.54, 1.807) is 24.3 Å². The number of hydrogen-bond acceptors (Lipinski definition) is 3. The van der Waals surface area contributed by atoms with Crippen molar-refractivity contribution in [3.63, 3.8) is 0 Å². The molecular formula is C16H16ClNO2S2. The van der Waals surface area contributed by atoms with Crippen molar-refractivity contribution >= 4 is 33.6 Å². The Kier molecular flexibility index (Phi) is 4.50. The van der Waals surface area contributed by atoms with E-state index in [9.17, 15) is 8.42 Å². The summed E-state index contributed by atoms with van der Waals surface area (Å²) in [5, 5.41) is 0.655. The van der Waals surface area contributed by atoms with Crippen LogP contribution in [0.15, 0.2) is 53.4 Å². The summed E-state index contributed by atoms with van der Waals surface area (Å²) in [5.41, 5.74) is 2.02. The lowest BCUT2D eigenvalue weighted by molar-refractivity contribution is 0.482. The average Bonchev–Trinajstić information content (AvgIpc) is 2.99. The van der Waals surface area contributed by atoms with E-state index < -0.39 is 10.0 Å². The zero-order valence-electron chi connectivity index (χ0n) is 12.1. The van der Waals surface area contributed by atoms with Gasteiger partial charge in [0.25, 0.3) is 10.0 Å². The lowest BCUT2D eigenvalue weighted by Crippen LogP contribution is -2.25. The van der Waals surface area contributed by atoms with Gasteiger partial charge < -0.3 is 0 Å². The molecule has 6 heteroatoms. The van der Waals surface area contributed by atoms with Gasteiger partial charge in [0.1, 0.15) is 0 Å². The summed E-state index contributed by atoms with van der Waals surface area (Å²) in [5.74, 6) is 0.790. The van der Waals surface area contributed by atoms with Gasteiger partial charge in [-0.15, -0.1) is 3.71 Å². The molecule has 1 atom stereocenters. The first-order valence-corrected chi connectivity index (χ1v) is 9.74. The van der Waals surface area contributed by atoms with Gasteiger partial charge in [-0.05, 0) is 43.2 Å². The Morgan fingerprint density at radius 3 is 2.36 bits per heavy atom. The van der Waals surface area contributed by atoms with Crippen LogP contribution < -0.4 is 0 Å². The van der Waals surface area contributed by atoms with Crippen molar-refractivity contribution in [3.8, 4) is 0 Å². The molecule has 0 amide bonds. The quantitative estimate of drug-likeness (QED) is 0.766. The lowest BCUT2D eigenvalue weighted by atomic mass is 10.1. The molecule has 0 bridgehead atoms. The molecule has 1 aliphatic rings. The van der Waals surface area contributed by atoms with Crippen LogP contribution in [-0.2, 0) is 10.0 Å². The SMILES string of the molecule is Cc1ccc(S(=O)(=O)N2SCCC2c2ccc(Cl)cc2)cc1. The van der Waals surface area contributed by atoms with Crippen molar-refractivity contribution in [1.29, 1.82) is 0 Å². The summed E-state index contributed by atoms with van der Waals surface area (Å²) in [6.07, 6.45) is 0.803. The molecule has 0 radical (unpaired) electrons. The van der Waals surface area contributed by atoms with Crippen molar-refractivity contribution in [2.24, 2.45) is 0 Å². The van der Waals surface area contributed by atoms with Crippen LogP contribution in [0.4, 0.5) is 0 Å². The third-order valence-electron chi connectivity index (χ3n) is 3.67. The number of rotatable bonds is 3. The Morgan fingerprint density at radius 2 is 1.73 bits per heavy atom. The fourth-order valence-electron chi connectivity index (χ4n) is 2.47. The molecule has 1 saturated heterocycles. The molecule has 0 aromatic heterocycles. The van der Waals surface area contributed by atoms with Crippen LogP contribution >= 0.6 is 23.5 Å². The molecule has 3 nitrogen and oxygen atoms in total. The minimum Gasteiger partial charge on any atom is -0.206 e. The molecule has 0 aliphatic carbocycles. The topological polar surface area (TPSA) is 37.4 Å². The minimum atomic E-state index is -3.50. The second-order valence-corrected chi connectivity index (χ2v) is 8.81. The standard InChI is InChI=1S/C16H16ClNO2S2/c1-12-2-8-15(9-3-12)22(19,20)18-16(10-11-21-18)13-4-6-14(17)7-5-13/h2-9,16H,10-11H2,1H3. The van der Waals surface area contributed by atoms with Crippen molar-refractivity contribution in [3.05, 3.63) is 64.7 Å². The van der Waals surface area contributed by atoms with Gasteiger partial charge in [-0.3, -0.25) is 0 Å². The first-order chi connectivity index (χ1) is 10.5. The molecule has 0 N–H and O–H groups in total. The molecule has 1 fully saturated rings. The van der Waals surface area contributed by atoms with Crippen molar-refractivity contribution < 1.29 is 8.42 Å². The van der Waals surface area contributed by atoms with Crippen molar-refractivity contribution in [1.82, 2.24) is 3.71 Å². The van der Waals surface area contributed by atoms with Crippen LogP contribution in [0, 0.1) is 6.92 Å². The first-order valence-electron chi connectivity index (χ1n) is 6.98. The number of hydrogen-bond donors (Lipinski definition) is 0. The Hall–Kier alpha value is -1.01. The highest BCUT2D eigenvalue weighted by molar-refractivity contribution is 8.08. The van der Waals surface area contributed by atoms with Gasteiger partial charge in [-0.1, -0.05) is 53.4 Å². The van der Waals surface area contributed by atoms with E-state index in [2.05, 4.69) is 0 Å². The van der Waals surface area contributed by atoms with Gasteiger partial charge in [0.2, 0.25) is 0 Å². The van der Waals surface area contributed by atoms with E-state index in [4.69, 9.17) is 11.6 Å². The molecule has 22 heavy (non-hydrogen) atoms. The Morgan fingerprint density at radius 1 is 1.09 bits per heavy atom. The third-order valence-corrected chi connectivity index (χ3v) is 7.36. The van der Waals surface area contributed by atoms with Crippen LogP contribution in [0.2, 0.25) is 5.02 Å².